The number of hydrogen-bond donors (Lipinski definition) is 0. The second kappa shape index (κ2) is 31.3. The number of hydrogen-bond acceptors (Lipinski definition) is 1. The molecular weight excluding hydrogens is 202 g/mol. The first-order valence-corrected chi connectivity index (χ1v) is 0.753. The van der Waals surface area contributed by atoms with Gasteiger partial charge in [0.1, 0.15) is 0 Å². The molecule has 16 valence electrons. The van der Waals surface area contributed by atoms with Crippen molar-refractivity contribution in [1.29, 1.82) is 0 Å². The summed E-state index contributed by atoms with van der Waals surface area (Å²) in [5.74, 6) is 0. The molecule has 0 aliphatic carbocycles. The molecule has 0 bridgehead atoms. The standard InChI is InChI=1S/2O.Sn.V/q;-2;+4;+3. The van der Waals surface area contributed by atoms with Crippen molar-refractivity contribution in [2.24, 2.45) is 0 Å². The number of rotatable bonds is 0. The fourth-order valence-electron chi connectivity index (χ4n) is 0. The van der Waals surface area contributed by atoms with E-state index in [1.165, 1.54) is 0 Å². The zero-order valence-corrected chi connectivity index (χ0v) is 6.01. The first-order valence-electron chi connectivity index (χ1n) is 0.183. The van der Waals surface area contributed by atoms with Crippen LogP contribution in [0.4, 0.5) is 0 Å². The summed E-state index contributed by atoms with van der Waals surface area (Å²) in [4.78, 5) is 0. The van der Waals surface area contributed by atoms with Crippen molar-refractivity contribution < 1.29 is 26.5 Å². The van der Waals surface area contributed by atoms with E-state index in [1.54, 1.807) is 0 Å². The molecule has 0 saturated heterocycles. The SMILES string of the molecule is [O-2].[O]=[V+3].[Sn+4]. The molecule has 2 nitrogen and oxygen atoms in total. The second-order valence-corrected chi connectivity index (χ2v) is 0. The first kappa shape index (κ1) is 19.2. The Labute approximate surface area is 50.4 Å². The molecule has 0 rings (SSSR count). The molecule has 0 spiro atoms. The summed E-state index contributed by atoms with van der Waals surface area (Å²) in [7, 11) is 0. The fourth-order valence-corrected chi connectivity index (χ4v) is 0. The molecule has 0 unspecified atom stereocenters. The third kappa shape index (κ3) is 11.0. The predicted octanol–water partition coefficient (Wildman–Crippen LogP) is -0.621. The maximum Gasteiger partial charge on any atom is 4.00 e. The van der Waals surface area contributed by atoms with Crippen molar-refractivity contribution in [3.05, 3.63) is 0 Å². The van der Waals surface area contributed by atoms with Crippen molar-refractivity contribution in [3.8, 4) is 0 Å². The summed E-state index contributed by atoms with van der Waals surface area (Å²) in [6.45, 7) is 0. The molecule has 0 amide bonds. The second-order valence-electron chi connectivity index (χ2n) is 0. The van der Waals surface area contributed by atoms with Crippen molar-refractivity contribution in [2.45, 2.75) is 0 Å². The Morgan fingerprint density at radius 2 is 1.25 bits per heavy atom. The summed E-state index contributed by atoms with van der Waals surface area (Å²) in [5.41, 5.74) is 0. The van der Waals surface area contributed by atoms with Gasteiger partial charge in [-0.3, -0.25) is 0 Å². The van der Waals surface area contributed by atoms with Gasteiger partial charge in [0.25, 0.3) is 0 Å². The summed E-state index contributed by atoms with van der Waals surface area (Å²) in [6, 6.07) is 0. The maximum absolute atomic E-state index is 8.19. The van der Waals surface area contributed by atoms with E-state index in [1.807, 2.05) is 0 Å². The Morgan fingerprint density at radius 1 is 1.25 bits per heavy atom. The Hall–Kier alpha value is 1.14. The van der Waals surface area contributed by atoms with Crippen LogP contribution in [0.15, 0.2) is 0 Å². The van der Waals surface area contributed by atoms with E-state index >= 15 is 0 Å². The van der Waals surface area contributed by atoms with Crippen LogP contribution in [-0.2, 0) is 26.5 Å². The third-order valence-electron chi connectivity index (χ3n) is 0. The average Bonchev–Trinajstić information content (AvgIpc) is 1.00. The van der Waals surface area contributed by atoms with Gasteiger partial charge in [0, 0.05) is 0 Å². The molecule has 0 heterocycles. The van der Waals surface area contributed by atoms with E-state index in [-0.39, 0.29) is 29.4 Å². The van der Waals surface area contributed by atoms with Crippen LogP contribution in [0.3, 0.4) is 0 Å². The van der Waals surface area contributed by atoms with Crippen LogP contribution < -0.4 is 0 Å². The molecule has 0 radical (unpaired) electrons. The van der Waals surface area contributed by atoms with Gasteiger partial charge in [-0.25, -0.2) is 0 Å². The monoisotopic (exact) mass is 203 g/mol. The molecule has 0 saturated carbocycles. The maximum atomic E-state index is 8.19. The third-order valence-corrected chi connectivity index (χ3v) is 0. The van der Waals surface area contributed by atoms with Gasteiger partial charge >= 0.3 is 45.0 Å². The minimum atomic E-state index is 0. The molecule has 0 N–H and O–H groups in total. The molecule has 4 heteroatoms. The van der Waals surface area contributed by atoms with Crippen molar-refractivity contribution in [3.63, 3.8) is 0 Å². The molecule has 0 aromatic heterocycles. The van der Waals surface area contributed by atoms with Crippen LogP contribution in [0, 0.1) is 0 Å². The van der Waals surface area contributed by atoms with Crippen LogP contribution in [0.2, 0.25) is 0 Å². The van der Waals surface area contributed by atoms with E-state index in [4.69, 9.17) is 3.67 Å². The molecule has 0 atom stereocenters. The van der Waals surface area contributed by atoms with Crippen molar-refractivity contribution in [2.75, 3.05) is 0 Å². The van der Waals surface area contributed by atoms with Gasteiger partial charge in [-0.1, -0.05) is 0 Å². The quantitative estimate of drug-likeness (QED) is 0.482. The smallest absolute Gasteiger partial charge is 4.00 e. The van der Waals surface area contributed by atoms with Gasteiger partial charge in [-0.15, -0.1) is 0 Å². The van der Waals surface area contributed by atoms with E-state index in [0.717, 1.165) is 17.4 Å². The Kier molecular flexibility index (Phi) is 151. The molecule has 0 aliphatic heterocycles. The average molecular weight is 202 g/mol. The predicted molar refractivity (Wildman–Crippen MR) is 7.13 cm³/mol. The zero-order valence-electron chi connectivity index (χ0n) is 1.76. The molecule has 4 heavy (non-hydrogen) atoms. The fraction of sp³-hybridized carbons (Fsp3) is 0. The topological polar surface area (TPSA) is 45.6 Å². The minimum absolute atomic E-state index is 0. The van der Waals surface area contributed by atoms with E-state index in [2.05, 4.69) is 0 Å². The molecular formula is O2SnV+5. The Balaban J connectivity index is -0.00000000500. The zero-order chi connectivity index (χ0) is 2.00. The van der Waals surface area contributed by atoms with Crippen LogP contribution >= 0.6 is 0 Å². The van der Waals surface area contributed by atoms with Gasteiger partial charge in [0.2, 0.25) is 0 Å². The van der Waals surface area contributed by atoms with E-state index < -0.39 is 0 Å². The summed E-state index contributed by atoms with van der Waals surface area (Å²) in [6.07, 6.45) is 0. The van der Waals surface area contributed by atoms with Gasteiger partial charge < -0.3 is 5.48 Å². The van der Waals surface area contributed by atoms with Crippen LogP contribution in [0.25, 0.3) is 0 Å². The Bertz CT molecular complexity index is 6.00. The van der Waals surface area contributed by atoms with Crippen LogP contribution in [-0.4, -0.2) is 23.9 Å². The Morgan fingerprint density at radius 3 is 1.25 bits per heavy atom. The van der Waals surface area contributed by atoms with E-state index in [0.29, 0.717) is 0 Å². The van der Waals surface area contributed by atoms with Crippen LogP contribution in [0.1, 0.15) is 0 Å². The molecule has 0 aromatic carbocycles. The van der Waals surface area contributed by atoms with E-state index in [9.17, 15) is 0 Å². The molecule has 0 fully saturated rings. The largest absolute Gasteiger partial charge is 4.00 e. The van der Waals surface area contributed by atoms with Gasteiger partial charge in [-0.2, -0.15) is 0 Å². The van der Waals surface area contributed by atoms with Crippen molar-refractivity contribution >= 4 is 23.9 Å². The normalized spacial score (nSPS) is 1.50. The minimum Gasteiger partial charge on any atom is 4.00 e. The van der Waals surface area contributed by atoms with Gasteiger partial charge in [-0.05, 0) is 0 Å². The first-order chi connectivity index (χ1) is 1.00. The van der Waals surface area contributed by atoms with Crippen LogP contribution in [0.5, 0.6) is 0 Å². The summed E-state index contributed by atoms with van der Waals surface area (Å²) < 4.78 is 8.19. The van der Waals surface area contributed by atoms with Gasteiger partial charge in [0.05, 0.1) is 0 Å². The summed E-state index contributed by atoms with van der Waals surface area (Å²) in [5, 5.41) is 0. The summed E-state index contributed by atoms with van der Waals surface area (Å²) >= 11 is 1.06. The molecule has 0 aromatic rings. The molecule has 0 aliphatic rings. The van der Waals surface area contributed by atoms with Gasteiger partial charge in [0.15, 0.2) is 0 Å². The van der Waals surface area contributed by atoms with Crippen molar-refractivity contribution in [1.82, 2.24) is 0 Å².